The summed E-state index contributed by atoms with van der Waals surface area (Å²) < 4.78 is 19.6. The second kappa shape index (κ2) is 8.33. The molecule has 5 nitrogen and oxygen atoms in total. The number of amides is 1. The van der Waals surface area contributed by atoms with E-state index in [1.54, 1.807) is 28.4 Å². The maximum absolute atomic E-state index is 13.6. The Labute approximate surface area is 200 Å². The standard InChI is InChI=1S/C27H22FN3O2S/c1-16-21(30-26(33-16)18-6-3-2-4-7-18)15-31-23(32)14-29-25(17-10-12-19(28)13-11-17)24-20-8-5-9-22(20)34-27(24)31/h2-4,6-7,10-13H,5,8-9,14-15H2,1H3. The number of anilines is 1. The molecule has 34 heavy (non-hydrogen) atoms. The van der Waals surface area contributed by atoms with Crippen molar-refractivity contribution < 1.29 is 13.6 Å². The Balaban J connectivity index is 1.42. The molecule has 0 N–H and O–H groups in total. The number of rotatable bonds is 4. The SMILES string of the molecule is Cc1oc(-c2ccccc2)nc1CN1C(=O)CN=C(c2ccc(F)cc2)c2c1sc1c2CCC1. The minimum Gasteiger partial charge on any atom is -0.441 e. The fourth-order valence-corrected chi connectivity index (χ4v) is 6.09. The molecule has 170 valence electrons. The molecule has 1 aliphatic heterocycles. The second-order valence-electron chi connectivity index (χ2n) is 8.58. The van der Waals surface area contributed by atoms with Crippen molar-refractivity contribution in [2.24, 2.45) is 4.99 Å². The highest BCUT2D eigenvalue weighted by atomic mass is 32.1. The normalized spacial score (nSPS) is 15.2. The lowest BCUT2D eigenvalue weighted by Gasteiger charge is -2.20. The third kappa shape index (κ3) is 3.56. The van der Waals surface area contributed by atoms with Crippen LogP contribution < -0.4 is 4.90 Å². The van der Waals surface area contributed by atoms with Crippen molar-refractivity contribution in [3.63, 3.8) is 0 Å². The molecule has 6 rings (SSSR count). The lowest BCUT2D eigenvalue weighted by atomic mass is 9.99. The van der Waals surface area contributed by atoms with Gasteiger partial charge in [0.25, 0.3) is 0 Å². The topological polar surface area (TPSA) is 58.7 Å². The van der Waals surface area contributed by atoms with E-state index in [4.69, 9.17) is 14.4 Å². The number of hydrogen-bond donors (Lipinski definition) is 0. The van der Waals surface area contributed by atoms with Crippen LogP contribution in [0.2, 0.25) is 0 Å². The largest absolute Gasteiger partial charge is 0.441 e. The molecule has 1 aliphatic carbocycles. The van der Waals surface area contributed by atoms with E-state index in [1.165, 1.54) is 22.6 Å². The van der Waals surface area contributed by atoms with Gasteiger partial charge >= 0.3 is 0 Å². The Morgan fingerprint density at radius 1 is 1.06 bits per heavy atom. The number of aliphatic imine (C=N–C) groups is 1. The van der Waals surface area contributed by atoms with Crippen molar-refractivity contribution >= 4 is 28.0 Å². The van der Waals surface area contributed by atoms with Crippen LogP contribution >= 0.6 is 11.3 Å². The zero-order valence-electron chi connectivity index (χ0n) is 18.7. The molecule has 0 atom stereocenters. The van der Waals surface area contributed by atoms with Crippen molar-refractivity contribution in [2.75, 3.05) is 11.4 Å². The van der Waals surface area contributed by atoms with Gasteiger partial charge in [0.15, 0.2) is 0 Å². The fraction of sp³-hybridized carbons (Fsp3) is 0.222. The van der Waals surface area contributed by atoms with Gasteiger partial charge in [-0.1, -0.05) is 18.2 Å². The first kappa shape index (κ1) is 21.0. The number of carbonyl (C=O) groups excluding carboxylic acids is 1. The number of fused-ring (bicyclic) bond motifs is 3. The van der Waals surface area contributed by atoms with Crippen molar-refractivity contribution in [1.29, 1.82) is 0 Å². The number of carbonyl (C=O) groups is 1. The van der Waals surface area contributed by atoms with E-state index >= 15 is 0 Å². The van der Waals surface area contributed by atoms with Crippen LogP contribution in [-0.2, 0) is 24.2 Å². The minimum absolute atomic E-state index is 0.0331. The molecule has 0 spiro atoms. The molecule has 0 saturated heterocycles. The van der Waals surface area contributed by atoms with Crippen molar-refractivity contribution in [2.45, 2.75) is 32.7 Å². The highest BCUT2D eigenvalue weighted by molar-refractivity contribution is 7.17. The van der Waals surface area contributed by atoms with Crippen LogP contribution in [0.15, 0.2) is 64.0 Å². The summed E-state index contributed by atoms with van der Waals surface area (Å²) in [6, 6.07) is 16.1. The van der Waals surface area contributed by atoms with Crippen molar-refractivity contribution in [1.82, 2.24) is 4.98 Å². The maximum Gasteiger partial charge on any atom is 0.249 e. The molecular weight excluding hydrogens is 449 g/mol. The van der Waals surface area contributed by atoms with Gasteiger partial charge < -0.3 is 4.42 Å². The first-order valence-electron chi connectivity index (χ1n) is 11.4. The zero-order chi connectivity index (χ0) is 23.2. The molecule has 7 heteroatoms. The molecule has 2 aliphatic rings. The number of aromatic nitrogens is 1. The number of thiophene rings is 1. The summed E-state index contributed by atoms with van der Waals surface area (Å²) in [5, 5.41) is 0.902. The number of oxazole rings is 1. The monoisotopic (exact) mass is 471 g/mol. The summed E-state index contributed by atoms with van der Waals surface area (Å²) in [6.45, 7) is 2.23. The summed E-state index contributed by atoms with van der Waals surface area (Å²) >= 11 is 1.67. The lowest BCUT2D eigenvalue weighted by molar-refractivity contribution is -0.117. The zero-order valence-corrected chi connectivity index (χ0v) is 19.5. The molecule has 0 bridgehead atoms. The van der Waals surface area contributed by atoms with E-state index in [0.717, 1.165) is 52.4 Å². The maximum atomic E-state index is 13.6. The average Bonchev–Trinajstić information content (AvgIpc) is 3.52. The van der Waals surface area contributed by atoms with Crippen LogP contribution in [0.3, 0.4) is 0 Å². The van der Waals surface area contributed by atoms with Gasteiger partial charge in [-0.2, -0.15) is 0 Å². The summed E-state index contributed by atoms with van der Waals surface area (Å²) in [4.78, 5) is 25.9. The highest BCUT2D eigenvalue weighted by Gasteiger charge is 2.34. The molecular formula is C27H22FN3O2S. The Hall–Kier alpha value is -3.58. The van der Waals surface area contributed by atoms with Gasteiger partial charge in [-0.05, 0) is 68.1 Å². The summed E-state index contributed by atoms with van der Waals surface area (Å²) in [5.74, 6) is 0.873. The van der Waals surface area contributed by atoms with Crippen LogP contribution in [0.25, 0.3) is 11.5 Å². The number of benzene rings is 2. The summed E-state index contributed by atoms with van der Waals surface area (Å²) in [6.07, 6.45) is 3.07. The molecule has 4 aromatic rings. The van der Waals surface area contributed by atoms with Crippen molar-refractivity contribution in [3.8, 4) is 11.5 Å². The third-order valence-electron chi connectivity index (χ3n) is 6.40. The van der Waals surface area contributed by atoms with Gasteiger partial charge in [0.05, 0.1) is 12.3 Å². The Bertz CT molecular complexity index is 1420. The van der Waals surface area contributed by atoms with Gasteiger partial charge in [-0.15, -0.1) is 11.3 Å². The van der Waals surface area contributed by atoms with E-state index in [0.29, 0.717) is 18.2 Å². The molecule has 0 saturated carbocycles. The first-order valence-corrected chi connectivity index (χ1v) is 12.2. The molecule has 2 aromatic heterocycles. The van der Waals surface area contributed by atoms with Gasteiger partial charge in [0.1, 0.15) is 28.8 Å². The van der Waals surface area contributed by atoms with Gasteiger partial charge in [0.2, 0.25) is 11.8 Å². The van der Waals surface area contributed by atoms with E-state index in [9.17, 15) is 9.18 Å². The minimum atomic E-state index is -0.290. The van der Waals surface area contributed by atoms with E-state index in [2.05, 4.69) is 0 Å². The Morgan fingerprint density at radius 2 is 1.85 bits per heavy atom. The molecule has 1 amide bonds. The van der Waals surface area contributed by atoms with Gasteiger partial charge in [-0.25, -0.2) is 9.37 Å². The Morgan fingerprint density at radius 3 is 2.65 bits per heavy atom. The smallest absolute Gasteiger partial charge is 0.249 e. The second-order valence-corrected chi connectivity index (χ2v) is 9.66. The lowest BCUT2D eigenvalue weighted by Crippen LogP contribution is -2.31. The van der Waals surface area contributed by atoms with E-state index in [1.807, 2.05) is 37.3 Å². The predicted molar refractivity (Wildman–Crippen MR) is 131 cm³/mol. The predicted octanol–water partition coefficient (Wildman–Crippen LogP) is 5.72. The van der Waals surface area contributed by atoms with Crippen LogP contribution in [0.1, 0.15) is 39.4 Å². The summed E-state index contributed by atoms with van der Waals surface area (Å²) in [5.41, 5.74) is 5.51. The number of hydrogen-bond acceptors (Lipinski definition) is 5. The molecule has 0 radical (unpaired) electrons. The quantitative estimate of drug-likeness (QED) is 0.382. The molecule has 3 heterocycles. The van der Waals surface area contributed by atoms with Crippen LogP contribution in [0, 0.1) is 12.7 Å². The summed E-state index contributed by atoms with van der Waals surface area (Å²) in [7, 11) is 0. The first-order chi connectivity index (χ1) is 16.6. The van der Waals surface area contributed by atoms with E-state index < -0.39 is 0 Å². The number of halogens is 1. The third-order valence-corrected chi connectivity index (χ3v) is 7.71. The van der Waals surface area contributed by atoms with Crippen LogP contribution in [0.5, 0.6) is 0 Å². The number of nitrogens with zero attached hydrogens (tertiary/aromatic N) is 3. The molecule has 0 unspecified atom stereocenters. The van der Waals surface area contributed by atoms with Crippen LogP contribution in [0.4, 0.5) is 9.39 Å². The van der Waals surface area contributed by atoms with E-state index in [-0.39, 0.29) is 18.3 Å². The highest BCUT2D eigenvalue weighted by Crippen LogP contribution is 2.44. The molecule has 2 aromatic carbocycles. The number of aryl methyl sites for hydroxylation is 2. The fourth-order valence-electron chi connectivity index (χ4n) is 4.68. The average molecular weight is 472 g/mol. The van der Waals surface area contributed by atoms with Crippen molar-refractivity contribution in [3.05, 3.63) is 93.4 Å². The van der Waals surface area contributed by atoms with Crippen LogP contribution in [-0.4, -0.2) is 23.1 Å². The molecule has 0 fully saturated rings. The van der Waals surface area contributed by atoms with Gasteiger partial charge in [0, 0.05) is 21.6 Å². The Kier molecular flexibility index (Phi) is 5.14. The van der Waals surface area contributed by atoms with Gasteiger partial charge in [-0.3, -0.25) is 14.7 Å².